The number of rotatable bonds is 21. The third-order valence-electron chi connectivity index (χ3n) is 10.2. The molecule has 0 aromatic heterocycles. The second kappa shape index (κ2) is 22.0. The van der Waals surface area contributed by atoms with E-state index < -0.39 is 0 Å². The fourth-order valence-corrected chi connectivity index (χ4v) is 12.1. The summed E-state index contributed by atoms with van der Waals surface area (Å²) < 4.78 is 0. The van der Waals surface area contributed by atoms with E-state index in [2.05, 4.69) is 32.5 Å². The third kappa shape index (κ3) is 16.2. The molecule has 2 heteroatoms. The highest BCUT2D eigenvalue weighted by Gasteiger charge is 2.22. The molecule has 1 unspecified atom stereocenters. The van der Waals surface area contributed by atoms with E-state index in [-0.39, 0.29) is 19.0 Å². The molecule has 212 valence electrons. The molecular weight excluding hydrogens is 465 g/mol. The van der Waals surface area contributed by atoms with Crippen LogP contribution >= 0.6 is 0 Å². The van der Waals surface area contributed by atoms with Gasteiger partial charge < -0.3 is 0 Å². The van der Waals surface area contributed by atoms with Crippen LogP contribution in [0.4, 0.5) is 0 Å². The Morgan fingerprint density at radius 1 is 0.639 bits per heavy atom. The topological polar surface area (TPSA) is 0 Å². The quantitative estimate of drug-likeness (QED) is 0.0783. The first kappa shape index (κ1) is 32.4. The van der Waals surface area contributed by atoms with Crippen molar-refractivity contribution in [1.29, 1.82) is 0 Å². The van der Waals surface area contributed by atoms with Crippen LogP contribution in [0.1, 0.15) is 168 Å². The summed E-state index contributed by atoms with van der Waals surface area (Å²) in [6, 6.07) is 0. The first-order valence-corrected chi connectivity index (χ1v) is 21.2. The monoisotopic (exact) mass is 532 g/mol. The van der Waals surface area contributed by atoms with Crippen LogP contribution in [0.5, 0.6) is 0 Å². The van der Waals surface area contributed by atoms with Crippen molar-refractivity contribution in [3.63, 3.8) is 0 Å². The highest BCUT2D eigenvalue weighted by molar-refractivity contribution is 6.58. The van der Waals surface area contributed by atoms with E-state index in [1.165, 1.54) is 139 Å². The average Bonchev–Trinajstić information content (AvgIpc) is 2.91. The maximum Gasteiger partial charge on any atom is 0.0228 e. The number of allylic oxidation sites excluding steroid dienone is 2. The molecule has 0 heterocycles. The van der Waals surface area contributed by atoms with Crippen molar-refractivity contribution in [1.82, 2.24) is 0 Å². The van der Waals surface area contributed by atoms with E-state index in [1.54, 1.807) is 25.7 Å². The summed E-state index contributed by atoms with van der Waals surface area (Å²) in [5, 5.41) is 1.22. The molecule has 0 spiro atoms. The normalized spacial score (nSPS) is 26.6. The van der Waals surface area contributed by atoms with Gasteiger partial charge in [-0.25, -0.2) is 0 Å². The maximum atomic E-state index is 2.63. The lowest BCUT2D eigenvalue weighted by Crippen LogP contribution is -2.19. The summed E-state index contributed by atoms with van der Waals surface area (Å²) in [4.78, 5) is 0. The maximum absolute atomic E-state index is 2.63. The van der Waals surface area contributed by atoms with Gasteiger partial charge in [0, 0.05) is 19.0 Å². The van der Waals surface area contributed by atoms with E-state index in [9.17, 15) is 0 Å². The molecular formula is C34H68Si2. The van der Waals surface area contributed by atoms with Crippen LogP contribution in [-0.2, 0) is 0 Å². The summed E-state index contributed by atoms with van der Waals surface area (Å²) in [6.07, 6.45) is 41.1. The Morgan fingerprint density at radius 2 is 1.14 bits per heavy atom. The molecule has 0 amide bonds. The first-order chi connectivity index (χ1) is 17.7. The minimum Gasteiger partial charge on any atom is -0.0882 e. The minimum atomic E-state index is 0.257. The van der Waals surface area contributed by atoms with Crippen LogP contribution in [0.3, 0.4) is 0 Å². The molecule has 0 aromatic rings. The van der Waals surface area contributed by atoms with Crippen LogP contribution in [0.15, 0.2) is 12.2 Å². The summed E-state index contributed by atoms with van der Waals surface area (Å²) in [5.74, 6) is 3.03. The van der Waals surface area contributed by atoms with Crippen molar-refractivity contribution in [3.8, 4) is 0 Å². The lowest BCUT2D eigenvalue weighted by molar-refractivity contribution is 0.288. The number of unbranched alkanes of at least 4 members (excludes halogenated alkanes) is 12. The molecule has 0 radical (unpaired) electrons. The van der Waals surface area contributed by atoms with E-state index in [1.807, 2.05) is 0 Å². The van der Waals surface area contributed by atoms with Gasteiger partial charge in [-0.1, -0.05) is 159 Å². The van der Waals surface area contributed by atoms with Gasteiger partial charge >= 0.3 is 0 Å². The van der Waals surface area contributed by atoms with Gasteiger partial charge in [-0.15, -0.1) is 0 Å². The lowest BCUT2D eigenvalue weighted by Gasteiger charge is -2.29. The van der Waals surface area contributed by atoms with Crippen molar-refractivity contribution in [3.05, 3.63) is 12.2 Å². The van der Waals surface area contributed by atoms with Crippen LogP contribution in [-0.4, -0.2) is 19.0 Å². The summed E-state index contributed by atoms with van der Waals surface area (Å²) in [6.45, 7) is 7.41. The molecule has 0 saturated heterocycles. The second-order valence-corrected chi connectivity index (χ2v) is 19.8. The molecule has 2 aliphatic carbocycles. The zero-order valence-corrected chi connectivity index (χ0v) is 28.3. The Labute approximate surface area is 233 Å². The SMILES string of the molecule is CCCCCCCCCCCCCCC[C@H]1CC[C@H](C=CCC[C@H]2CC[C@H]([SiH2]C(C)[SiH2]C)CC2)CC1. The van der Waals surface area contributed by atoms with Gasteiger partial charge in [-0.05, 0) is 56.3 Å². The second-order valence-electron chi connectivity index (χ2n) is 13.5. The Morgan fingerprint density at radius 3 is 1.69 bits per heavy atom. The Kier molecular flexibility index (Phi) is 19.8. The third-order valence-corrected chi connectivity index (χ3v) is 16.6. The van der Waals surface area contributed by atoms with Crippen LogP contribution in [0, 0.1) is 17.8 Å². The first-order valence-electron chi connectivity index (χ1n) is 17.4. The van der Waals surface area contributed by atoms with Crippen molar-refractivity contribution < 1.29 is 0 Å². The van der Waals surface area contributed by atoms with Gasteiger partial charge in [-0.3, -0.25) is 0 Å². The molecule has 0 bridgehead atoms. The molecule has 0 aromatic carbocycles. The van der Waals surface area contributed by atoms with Crippen LogP contribution < -0.4 is 0 Å². The van der Waals surface area contributed by atoms with E-state index in [4.69, 9.17) is 0 Å². The molecule has 2 aliphatic rings. The lowest BCUT2D eigenvalue weighted by atomic mass is 9.79. The largest absolute Gasteiger partial charge is 0.0882 e. The highest BCUT2D eigenvalue weighted by atomic mass is 28.3. The van der Waals surface area contributed by atoms with E-state index in [0.29, 0.717) is 0 Å². The van der Waals surface area contributed by atoms with Crippen LogP contribution in [0.2, 0.25) is 17.3 Å². The van der Waals surface area contributed by atoms with E-state index in [0.717, 1.165) is 17.8 Å². The molecule has 0 aliphatic heterocycles. The highest BCUT2D eigenvalue weighted by Crippen LogP contribution is 2.36. The Bertz CT molecular complexity index is 499. The van der Waals surface area contributed by atoms with Crippen molar-refractivity contribution in [2.45, 2.75) is 185 Å². The fourth-order valence-electron chi connectivity index (χ4n) is 7.23. The standard InChI is InChI=1S/C34H68Si2/c1-4-5-6-7-8-9-10-11-12-13-14-15-16-19-31-22-24-32(25-23-31)20-17-18-21-33-26-28-34(29-27-33)36-30(2)35-3/h17,20,30-34H,4-16,18-19,21-29,35-36H2,1-3H3/t30?,31-,32-,33-,34-. The Hall–Kier alpha value is 0.174. The molecule has 2 fully saturated rings. The zero-order chi connectivity index (χ0) is 25.7. The molecule has 1 atom stereocenters. The molecule has 0 N–H and O–H groups in total. The summed E-state index contributed by atoms with van der Waals surface area (Å²) in [7, 11) is 0.545. The van der Waals surface area contributed by atoms with Crippen molar-refractivity contribution >= 4 is 19.0 Å². The average molecular weight is 533 g/mol. The minimum absolute atomic E-state index is 0.257. The van der Waals surface area contributed by atoms with Gasteiger partial charge in [0.25, 0.3) is 0 Å². The van der Waals surface area contributed by atoms with Crippen LogP contribution in [0.25, 0.3) is 0 Å². The molecule has 2 rings (SSSR count). The van der Waals surface area contributed by atoms with Gasteiger partial charge in [0.05, 0.1) is 0 Å². The number of hydrogen-bond donors (Lipinski definition) is 0. The van der Waals surface area contributed by atoms with E-state index >= 15 is 0 Å². The smallest absolute Gasteiger partial charge is 0.0228 e. The van der Waals surface area contributed by atoms with Gasteiger partial charge in [0.15, 0.2) is 0 Å². The summed E-state index contributed by atoms with van der Waals surface area (Å²) in [5.41, 5.74) is 1.22. The molecule has 0 nitrogen and oxygen atoms in total. The van der Waals surface area contributed by atoms with Gasteiger partial charge in [-0.2, -0.15) is 0 Å². The predicted octanol–water partition coefficient (Wildman–Crippen LogP) is 10.7. The van der Waals surface area contributed by atoms with Gasteiger partial charge in [0.2, 0.25) is 0 Å². The predicted molar refractivity (Wildman–Crippen MR) is 172 cm³/mol. The van der Waals surface area contributed by atoms with Crippen molar-refractivity contribution in [2.24, 2.45) is 17.8 Å². The van der Waals surface area contributed by atoms with Gasteiger partial charge in [0.1, 0.15) is 0 Å². The zero-order valence-electron chi connectivity index (χ0n) is 25.4. The van der Waals surface area contributed by atoms with Crippen molar-refractivity contribution in [2.75, 3.05) is 0 Å². The summed E-state index contributed by atoms with van der Waals surface area (Å²) >= 11 is 0. The molecule has 36 heavy (non-hydrogen) atoms. The Balaban J connectivity index is 1.36. The fraction of sp³-hybridized carbons (Fsp3) is 0.941. The molecule has 2 saturated carbocycles. The number of hydrogen-bond acceptors (Lipinski definition) is 0.